The van der Waals surface area contributed by atoms with Crippen molar-refractivity contribution in [2.45, 2.75) is 42.8 Å². The van der Waals surface area contributed by atoms with E-state index in [0.717, 1.165) is 35.7 Å². The number of fused-ring (bicyclic) bond motifs is 1. The first-order valence-electron chi connectivity index (χ1n) is 6.57. The van der Waals surface area contributed by atoms with Crippen LogP contribution in [-0.2, 0) is 4.79 Å². The van der Waals surface area contributed by atoms with Gasteiger partial charge in [-0.3, -0.25) is 4.42 Å². The number of nitrogens with zero attached hydrogens (tertiary/aromatic N) is 3. The number of anilines is 1. The van der Waals surface area contributed by atoms with Crippen molar-refractivity contribution in [3.63, 3.8) is 0 Å². The molecule has 102 valence electrons. The zero-order chi connectivity index (χ0) is 13.4. The first-order chi connectivity index (χ1) is 9.26. The van der Waals surface area contributed by atoms with Gasteiger partial charge in [-0.15, -0.1) is 0 Å². The van der Waals surface area contributed by atoms with Gasteiger partial charge in [0.05, 0.1) is 17.6 Å². The summed E-state index contributed by atoms with van der Waals surface area (Å²) in [7, 11) is 0. The molecule has 0 N–H and O–H groups in total. The number of carbonyl (C=O) groups excluding carboxylic acids is 1. The maximum Gasteiger partial charge on any atom is 0.187 e. The lowest BCUT2D eigenvalue weighted by molar-refractivity contribution is -0.109. The van der Waals surface area contributed by atoms with Crippen LogP contribution in [-0.4, -0.2) is 28.6 Å². The Morgan fingerprint density at radius 1 is 1.47 bits per heavy atom. The lowest BCUT2D eigenvalue weighted by Crippen LogP contribution is -2.31. The summed E-state index contributed by atoms with van der Waals surface area (Å²) in [5.74, 6) is 0.642. The normalized spacial score (nSPS) is 26.7. The molecule has 2 aliphatic rings. The van der Waals surface area contributed by atoms with Crippen LogP contribution in [0.5, 0.6) is 0 Å². The Morgan fingerprint density at radius 2 is 2.21 bits per heavy atom. The average molecular weight is 298 g/mol. The molecule has 1 fully saturated rings. The largest absolute Gasteiger partial charge is 0.301 e. The summed E-state index contributed by atoms with van der Waals surface area (Å²) >= 11 is 7.81. The van der Waals surface area contributed by atoms with Crippen molar-refractivity contribution < 1.29 is 4.79 Å². The number of rotatable bonds is 3. The summed E-state index contributed by atoms with van der Waals surface area (Å²) in [5.41, 5.74) is 1.76. The second-order valence-corrected chi connectivity index (χ2v) is 6.27. The fraction of sp³-hybridized carbons (Fsp3) is 0.615. The molecule has 1 aromatic heterocycles. The minimum atomic E-state index is -0.300. The van der Waals surface area contributed by atoms with Crippen LogP contribution in [0.3, 0.4) is 0 Å². The molecule has 0 amide bonds. The van der Waals surface area contributed by atoms with Crippen LogP contribution in [0.4, 0.5) is 5.69 Å². The van der Waals surface area contributed by atoms with E-state index in [2.05, 4.69) is 9.97 Å². The van der Waals surface area contributed by atoms with E-state index in [9.17, 15) is 4.79 Å². The maximum atomic E-state index is 11.4. The van der Waals surface area contributed by atoms with Gasteiger partial charge in [0.2, 0.25) is 0 Å². The molecule has 0 radical (unpaired) electrons. The molecule has 0 bridgehead atoms. The van der Waals surface area contributed by atoms with E-state index in [0.29, 0.717) is 5.92 Å². The van der Waals surface area contributed by atoms with E-state index in [-0.39, 0.29) is 12.0 Å². The van der Waals surface area contributed by atoms with Gasteiger partial charge in [-0.25, -0.2) is 9.97 Å². The Balaban J connectivity index is 2.04. The van der Waals surface area contributed by atoms with Crippen molar-refractivity contribution in [3.8, 4) is 0 Å². The average Bonchev–Trinajstić information content (AvgIpc) is 3.04. The molecule has 2 atom stereocenters. The number of aldehydes is 1. The zero-order valence-electron chi connectivity index (χ0n) is 10.8. The number of hydrogen-bond acceptors (Lipinski definition) is 5. The van der Waals surface area contributed by atoms with E-state index in [1.807, 2.05) is 6.26 Å². The van der Waals surface area contributed by atoms with Crippen LogP contribution in [0.15, 0.2) is 11.4 Å². The molecule has 1 aliphatic carbocycles. The van der Waals surface area contributed by atoms with Gasteiger partial charge in [-0.1, -0.05) is 24.6 Å². The summed E-state index contributed by atoms with van der Waals surface area (Å²) in [6, 6.07) is -0.300. The third-order valence-electron chi connectivity index (χ3n) is 4.18. The summed E-state index contributed by atoms with van der Waals surface area (Å²) in [4.78, 5) is 20.3. The summed E-state index contributed by atoms with van der Waals surface area (Å²) in [5, 5.41) is 0.748. The minimum Gasteiger partial charge on any atom is -0.301 e. The van der Waals surface area contributed by atoms with Gasteiger partial charge in [0, 0.05) is 17.7 Å². The van der Waals surface area contributed by atoms with E-state index in [1.165, 1.54) is 29.0 Å². The predicted octanol–water partition coefficient (Wildman–Crippen LogP) is 3.01. The summed E-state index contributed by atoms with van der Waals surface area (Å²) in [6.07, 6.45) is 9.46. The van der Waals surface area contributed by atoms with Gasteiger partial charge in [-0.2, -0.15) is 0 Å². The predicted molar refractivity (Wildman–Crippen MR) is 76.7 cm³/mol. The topological polar surface area (TPSA) is 46.1 Å². The van der Waals surface area contributed by atoms with E-state index in [4.69, 9.17) is 11.8 Å². The molecule has 1 saturated carbocycles. The Bertz CT molecular complexity index is 493. The van der Waals surface area contributed by atoms with Gasteiger partial charge in [0.1, 0.15) is 12.3 Å². The smallest absolute Gasteiger partial charge is 0.187 e. The van der Waals surface area contributed by atoms with Crippen molar-refractivity contribution in [2.75, 3.05) is 10.7 Å². The zero-order valence-corrected chi connectivity index (χ0v) is 12.3. The molecule has 0 spiro atoms. The number of hydrogen-bond donors (Lipinski definition) is 0. The molecule has 0 aromatic carbocycles. The summed E-state index contributed by atoms with van der Waals surface area (Å²) < 4.78 is 1.52. The Kier molecular flexibility index (Phi) is 3.67. The van der Waals surface area contributed by atoms with Crippen molar-refractivity contribution in [1.82, 2.24) is 9.97 Å². The third-order valence-corrected chi connectivity index (χ3v) is 5.15. The first kappa shape index (κ1) is 13.2. The molecule has 2 heterocycles. The third kappa shape index (κ3) is 2.13. The standard InChI is InChI=1S/C13H16ClN3OS/c1-19-13-15-6-9-12(16-13)11(8-4-2-3-5-8)10(7-18)17(9)14/h6-8,10-11H,2-5H2,1H3. The summed E-state index contributed by atoms with van der Waals surface area (Å²) in [6.45, 7) is 0. The van der Waals surface area contributed by atoms with Crippen LogP contribution in [0.2, 0.25) is 0 Å². The van der Waals surface area contributed by atoms with Crippen LogP contribution < -0.4 is 4.42 Å². The molecule has 4 nitrogen and oxygen atoms in total. The van der Waals surface area contributed by atoms with E-state index >= 15 is 0 Å². The minimum absolute atomic E-state index is 0.126. The monoisotopic (exact) mass is 297 g/mol. The molecule has 2 unspecified atom stereocenters. The second kappa shape index (κ2) is 5.29. The molecule has 1 aliphatic heterocycles. The molecule has 0 saturated heterocycles. The van der Waals surface area contributed by atoms with E-state index in [1.54, 1.807) is 6.20 Å². The van der Waals surface area contributed by atoms with Gasteiger partial charge in [0.15, 0.2) is 5.16 Å². The maximum absolute atomic E-state index is 11.4. The Labute approximate surface area is 122 Å². The van der Waals surface area contributed by atoms with Gasteiger partial charge < -0.3 is 4.79 Å². The first-order valence-corrected chi connectivity index (χ1v) is 8.13. The van der Waals surface area contributed by atoms with Gasteiger partial charge in [-0.05, 0) is 25.0 Å². The lowest BCUT2D eigenvalue weighted by Gasteiger charge is -2.23. The fourth-order valence-electron chi connectivity index (χ4n) is 3.30. The van der Waals surface area contributed by atoms with Crippen molar-refractivity contribution in [2.24, 2.45) is 5.92 Å². The number of carbonyl (C=O) groups is 1. The van der Waals surface area contributed by atoms with E-state index < -0.39 is 0 Å². The van der Waals surface area contributed by atoms with Gasteiger partial charge >= 0.3 is 0 Å². The molecule has 19 heavy (non-hydrogen) atoms. The van der Waals surface area contributed by atoms with Crippen LogP contribution >= 0.6 is 23.5 Å². The van der Waals surface area contributed by atoms with Crippen molar-refractivity contribution in [3.05, 3.63) is 11.9 Å². The highest BCUT2D eigenvalue weighted by atomic mass is 35.5. The lowest BCUT2D eigenvalue weighted by atomic mass is 9.85. The highest BCUT2D eigenvalue weighted by Gasteiger charge is 2.44. The highest BCUT2D eigenvalue weighted by molar-refractivity contribution is 7.98. The molecule has 1 aromatic rings. The second-order valence-electron chi connectivity index (χ2n) is 5.14. The molecule has 3 rings (SSSR count). The quantitative estimate of drug-likeness (QED) is 0.371. The van der Waals surface area contributed by atoms with Crippen molar-refractivity contribution >= 4 is 35.5 Å². The van der Waals surface area contributed by atoms with Crippen LogP contribution in [0.25, 0.3) is 0 Å². The Morgan fingerprint density at radius 3 is 2.84 bits per heavy atom. The fourth-order valence-corrected chi connectivity index (χ4v) is 3.95. The molecule has 6 heteroatoms. The molecular weight excluding hydrogens is 282 g/mol. The number of thioether (sulfide) groups is 1. The van der Waals surface area contributed by atoms with Crippen molar-refractivity contribution in [1.29, 1.82) is 0 Å². The Hall–Kier alpha value is -0.810. The SMILES string of the molecule is CSc1ncc2c(n1)C(C1CCCC1)C(C=O)N2Cl. The van der Waals surface area contributed by atoms with Gasteiger partial charge in [0.25, 0.3) is 0 Å². The highest BCUT2D eigenvalue weighted by Crippen LogP contribution is 2.48. The molecular formula is C13H16ClN3OS. The number of aromatic nitrogens is 2. The number of halogens is 1. The van der Waals surface area contributed by atoms with Crippen LogP contribution in [0.1, 0.15) is 37.3 Å². The van der Waals surface area contributed by atoms with Crippen LogP contribution in [0, 0.1) is 5.92 Å².